The first-order valence-electron chi connectivity index (χ1n) is 6.99. The van der Waals surface area contributed by atoms with Gasteiger partial charge >= 0.3 is 0 Å². The highest BCUT2D eigenvalue weighted by atomic mass is 35.5. The third kappa shape index (κ3) is 4.53. The number of carbonyl (C=O) groups excluding carboxylic acids is 1. The van der Waals surface area contributed by atoms with Crippen LogP contribution in [0.1, 0.15) is 15.9 Å². The number of carbonyl (C=O) groups is 1. The maximum absolute atomic E-state index is 13.6. The van der Waals surface area contributed by atoms with Crippen molar-refractivity contribution in [1.82, 2.24) is 10.2 Å². The summed E-state index contributed by atoms with van der Waals surface area (Å²) in [5, 5.41) is 10.7. The second-order valence-corrected chi connectivity index (χ2v) is 7.44. The SMILES string of the molecule is O=C(Nc1nnc(SCc2ccccc2F)s1)c1ccc(F)cc1Cl. The lowest BCUT2D eigenvalue weighted by atomic mass is 10.2. The summed E-state index contributed by atoms with van der Waals surface area (Å²) in [5.41, 5.74) is 0.699. The maximum Gasteiger partial charge on any atom is 0.259 e. The van der Waals surface area contributed by atoms with Crippen molar-refractivity contribution in [2.75, 3.05) is 5.32 Å². The highest BCUT2D eigenvalue weighted by Gasteiger charge is 2.14. The average Bonchev–Trinajstić information content (AvgIpc) is 3.01. The Kier molecular flexibility index (Phi) is 5.62. The van der Waals surface area contributed by atoms with E-state index in [9.17, 15) is 13.6 Å². The lowest BCUT2D eigenvalue weighted by Crippen LogP contribution is -2.12. The van der Waals surface area contributed by atoms with Crippen molar-refractivity contribution in [2.24, 2.45) is 0 Å². The number of nitrogens with zero attached hydrogens (tertiary/aromatic N) is 2. The molecule has 1 N–H and O–H groups in total. The first kappa shape index (κ1) is 17.8. The number of anilines is 1. The summed E-state index contributed by atoms with van der Waals surface area (Å²) in [6.07, 6.45) is 0. The van der Waals surface area contributed by atoms with Crippen LogP contribution in [0, 0.1) is 11.6 Å². The third-order valence-electron chi connectivity index (χ3n) is 3.11. The normalized spacial score (nSPS) is 10.7. The average molecular weight is 398 g/mol. The second kappa shape index (κ2) is 7.90. The molecule has 0 spiro atoms. The van der Waals surface area contributed by atoms with E-state index in [1.165, 1.54) is 23.9 Å². The second-order valence-electron chi connectivity index (χ2n) is 4.83. The predicted molar refractivity (Wildman–Crippen MR) is 95.2 cm³/mol. The molecule has 2 aromatic carbocycles. The molecule has 0 bridgehead atoms. The van der Waals surface area contributed by atoms with E-state index in [0.717, 1.165) is 23.5 Å². The van der Waals surface area contributed by atoms with E-state index in [1.807, 2.05) is 0 Å². The zero-order valence-corrected chi connectivity index (χ0v) is 14.9. The Bertz CT molecular complexity index is 920. The largest absolute Gasteiger partial charge is 0.296 e. The Morgan fingerprint density at radius 3 is 2.76 bits per heavy atom. The minimum absolute atomic E-state index is 0.0103. The molecule has 0 saturated heterocycles. The molecule has 3 aromatic rings. The summed E-state index contributed by atoms with van der Waals surface area (Å²) in [4.78, 5) is 12.1. The fraction of sp³-hybridized carbons (Fsp3) is 0.0625. The molecule has 25 heavy (non-hydrogen) atoms. The van der Waals surface area contributed by atoms with Gasteiger partial charge in [0, 0.05) is 5.75 Å². The number of nitrogens with one attached hydrogen (secondary N) is 1. The first-order chi connectivity index (χ1) is 12.0. The zero-order chi connectivity index (χ0) is 17.8. The Balaban J connectivity index is 1.63. The fourth-order valence-electron chi connectivity index (χ4n) is 1.91. The number of rotatable bonds is 5. The smallest absolute Gasteiger partial charge is 0.259 e. The Labute approximate surface area is 155 Å². The van der Waals surface area contributed by atoms with Crippen molar-refractivity contribution in [3.05, 3.63) is 70.2 Å². The molecule has 1 heterocycles. The van der Waals surface area contributed by atoms with Gasteiger partial charge in [0.25, 0.3) is 5.91 Å². The quantitative estimate of drug-likeness (QED) is 0.485. The predicted octanol–water partition coefficient (Wildman–Crippen LogP) is 5.01. The standard InChI is InChI=1S/C16H10ClF2N3OS2/c17-12-7-10(18)5-6-11(12)14(23)20-15-21-22-16(25-15)24-8-9-3-1-2-4-13(9)19/h1-7H,8H2,(H,20,21,23). The van der Waals surface area contributed by atoms with E-state index in [4.69, 9.17) is 11.6 Å². The highest BCUT2D eigenvalue weighted by molar-refractivity contribution is 8.00. The van der Waals surface area contributed by atoms with Crippen LogP contribution in [0.2, 0.25) is 5.02 Å². The summed E-state index contributed by atoms with van der Waals surface area (Å²) >= 11 is 8.33. The van der Waals surface area contributed by atoms with Gasteiger partial charge in [0.15, 0.2) is 4.34 Å². The molecule has 3 rings (SSSR count). The molecule has 0 aliphatic carbocycles. The van der Waals surface area contributed by atoms with Crippen LogP contribution in [0.4, 0.5) is 13.9 Å². The van der Waals surface area contributed by atoms with Crippen molar-refractivity contribution < 1.29 is 13.6 Å². The minimum atomic E-state index is -0.524. The first-order valence-corrected chi connectivity index (χ1v) is 9.17. The number of hydrogen-bond acceptors (Lipinski definition) is 5. The molecular formula is C16H10ClF2N3OS2. The Hall–Kier alpha value is -2.03. The molecule has 0 unspecified atom stereocenters. The molecule has 0 atom stereocenters. The maximum atomic E-state index is 13.6. The van der Waals surface area contributed by atoms with Gasteiger partial charge in [0.2, 0.25) is 5.13 Å². The van der Waals surface area contributed by atoms with E-state index in [1.54, 1.807) is 18.2 Å². The summed E-state index contributed by atoms with van der Waals surface area (Å²) < 4.78 is 27.2. The van der Waals surface area contributed by atoms with Gasteiger partial charge < -0.3 is 0 Å². The van der Waals surface area contributed by atoms with Crippen molar-refractivity contribution in [1.29, 1.82) is 0 Å². The van der Waals surface area contributed by atoms with E-state index < -0.39 is 11.7 Å². The van der Waals surface area contributed by atoms with Crippen LogP contribution in [-0.4, -0.2) is 16.1 Å². The lowest BCUT2D eigenvalue weighted by Gasteiger charge is -2.03. The van der Waals surface area contributed by atoms with Crippen molar-refractivity contribution in [3.8, 4) is 0 Å². The van der Waals surface area contributed by atoms with Gasteiger partial charge in [-0.1, -0.05) is 52.9 Å². The van der Waals surface area contributed by atoms with Gasteiger partial charge in [-0.2, -0.15) is 0 Å². The van der Waals surface area contributed by atoms with E-state index in [2.05, 4.69) is 15.5 Å². The Morgan fingerprint density at radius 2 is 2.00 bits per heavy atom. The van der Waals surface area contributed by atoms with E-state index >= 15 is 0 Å². The highest BCUT2D eigenvalue weighted by Crippen LogP contribution is 2.29. The molecule has 0 aliphatic rings. The van der Waals surface area contributed by atoms with Crippen molar-refractivity contribution in [3.63, 3.8) is 0 Å². The molecule has 1 amide bonds. The minimum Gasteiger partial charge on any atom is -0.296 e. The van der Waals surface area contributed by atoms with Crippen LogP contribution in [0.15, 0.2) is 46.8 Å². The molecule has 1 aromatic heterocycles. The monoisotopic (exact) mass is 397 g/mol. The van der Waals surface area contributed by atoms with E-state index in [-0.39, 0.29) is 21.5 Å². The Morgan fingerprint density at radius 1 is 1.20 bits per heavy atom. The fourth-order valence-corrected chi connectivity index (χ4v) is 3.90. The number of thioether (sulfide) groups is 1. The lowest BCUT2D eigenvalue weighted by molar-refractivity contribution is 0.102. The van der Waals surface area contributed by atoms with Crippen LogP contribution in [0.25, 0.3) is 0 Å². The molecule has 0 saturated carbocycles. The number of halogens is 3. The van der Waals surface area contributed by atoms with Gasteiger partial charge in [0.1, 0.15) is 11.6 Å². The summed E-state index contributed by atoms with van der Waals surface area (Å²) in [6, 6.07) is 9.99. The summed E-state index contributed by atoms with van der Waals surface area (Å²) in [6.45, 7) is 0. The van der Waals surface area contributed by atoms with E-state index in [0.29, 0.717) is 15.7 Å². The van der Waals surface area contributed by atoms with Crippen LogP contribution >= 0.6 is 34.7 Å². The van der Waals surface area contributed by atoms with Gasteiger partial charge in [-0.3, -0.25) is 10.1 Å². The van der Waals surface area contributed by atoms with Gasteiger partial charge in [-0.15, -0.1) is 10.2 Å². The van der Waals surface area contributed by atoms with Gasteiger partial charge in [-0.05, 0) is 29.8 Å². The number of hydrogen-bond donors (Lipinski definition) is 1. The summed E-state index contributed by atoms with van der Waals surface area (Å²) in [7, 11) is 0. The molecule has 128 valence electrons. The van der Waals surface area contributed by atoms with Crippen molar-refractivity contribution >= 4 is 45.7 Å². The number of amides is 1. The van der Waals surface area contributed by atoms with Crippen LogP contribution < -0.4 is 5.32 Å². The van der Waals surface area contributed by atoms with Gasteiger partial charge in [0.05, 0.1) is 10.6 Å². The molecule has 0 fully saturated rings. The molecule has 0 aliphatic heterocycles. The topological polar surface area (TPSA) is 54.9 Å². The summed E-state index contributed by atoms with van der Waals surface area (Å²) in [5.74, 6) is -0.908. The molecule has 4 nitrogen and oxygen atoms in total. The number of benzene rings is 2. The van der Waals surface area contributed by atoms with Crippen LogP contribution in [0.5, 0.6) is 0 Å². The van der Waals surface area contributed by atoms with Gasteiger partial charge in [-0.25, -0.2) is 8.78 Å². The molecular weight excluding hydrogens is 388 g/mol. The molecule has 0 radical (unpaired) electrons. The third-order valence-corrected chi connectivity index (χ3v) is 5.45. The zero-order valence-electron chi connectivity index (χ0n) is 12.5. The molecule has 9 heteroatoms. The van der Waals surface area contributed by atoms with Crippen molar-refractivity contribution in [2.45, 2.75) is 10.1 Å². The number of aromatic nitrogens is 2. The van der Waals surface area contributed by atoms with Crippen LogP contribution in [-0.2, 0) is 5.75 Å². The van der Waals surface area contributed by atoms with Crippen LogP contribution in [0.3, 0.4) is 0 Å².